The summed E-state index contributed by atoms with van der Waals surface area (Å²) < 4.78 is 33.4. The molecule has 0 atom stereocenters. The Morgan fingerprint density at radius 1 is 1.09 bits per heavy atom. The van der Waals surface area contributed by atoms with Gasteiger partial charge in [-0.05, 0) is 44.5 Å². The van der Waals surface area contributed by atoms with Gasteiger partial charge in [0.1, 0.15) is 11.4 Å². The van der Waals surface area contributed by atoms with E-state index in [-0.39, 0.29) is 11.3 Å². The molecule has 0 aromatic heterocycles. The summed E-state index contributed by atoms with van der Waals surface area (Å²) in [7, 11) is 0. The summed E-state index contributed by atoms with van der Waals surface area (Å²) in [6.45, 7) is 4.92. The minimum Gasteiger partial charge on any atom is -0.508 e. The quantitative estimate of drug-likeness (QED) is 0.842. The Morgan fingerprint density at radius 3 is 2.36 bits per heavy atom. The van der Waals surface area contributed by atoms with E-state index in [9.17, 15) is 18.7 Å². The number of rotatable bonds is 2. The molecule has 5 heteroatoms. The standard InChI is InChI=1S/C17H16F2O3/c1-17(2,3)22-16(21)13-8-7-12(14(18)15(13)19)10-5-4-6-11(20)9-10/h4-9,20H,1-3H3. The van der Waals surface area contributed by atoms with E-state index in [1.807, 2.05) is 0 Å². The maximum Gasteiger partial charge on any atom is 0.341 e. The first-order chi connectivity index (χ1) is 10.2. The number of halogens is 2. The minimum atomic E-state index is -1.27. The smallest absolute Gasteiger partial charge is 0.341 e. The number of aromatic hydroxyl groups is 1. The molecule has 0 aliphatic rings. The van der Waals surface area contributed by atoms with Crippen molar-refractivity contribution in [2.75, 3.05) is 0 Å². The molecule has 116 valence electrons. The fourth-order valence-electron chi connectivity index (χ4n) is 1.94. The Morgan fingerprint density at radius 2 is 1.77 bits per heavy atom. The average Bonchev–Trinajstić information content (AvgIpc) is 2.39. The molecular weight excluding hydrogens is 290 g/mol. The van der Waals surface area contributed by atoms with Crippen LogP contribution in [0.2, 0.25) is 0 Å². The first kappa shape index (κ1) is 15.9. The van der Waals surface area contributed by atoms with Crippen LogP contribution in [0.1, 0.15) is 31.1 Å². The van der Waals surface area contributed by atoms with Crippen LogP contribution in [-0.4, -0.2) is 16.7 Å². The number of hydrogen-bond acceptors (Lipinski definition) is 3. The van der Waals surface area contributed by atoms with Gasteiger partial charge in [-0.1, -0.05) is 18.2 Å². The summed E-state index contributed by atoms with van der Waals surface area (Å²) in [6.07, 6.45) is 0. The number of carbonyl (C=O) groups excluding carboxylic acids is 1. The molecule has 0 unspecified atom stereocenters. The van der Waals surface area contributed by atoms with Gasteiger partial charge < -0.3 is 9.84 Å². The van der Waals surface area contributed by atoms with Gasteiger partial charge in [-0.15, -0.1) is 0 Å². The van der Waals surface area contributed by atoms with Crippen molar-refractivity contribution in [2.24, 2.45) is 0 Å². The Balaban J connectivity index is 2.43. The number of benzene rings is 2. The van der Waals surface area contributed by atoms with Gasteiger partial charge in [0.15, 0.2) is 11.6 Å². The van der Waals surface area contributed by atoms with E-state index in [0.29, 0.717) is 5.56 Å². The molecule has 3 nitrogen and oxygen atoms in total. The SMILES string of the molecule is CC(C)(C)OC(=O)c1ccc(-c2cccc(O)c2)c(F)c1F. The van der Waals surface area contributed by atoms with E-state index in [4.69, 9.17) is 4.74 Å². The fourth-order valence-corrected chi connectivity index (χ4v) is 1.94. The number of phenols is 1. The van der Waals surface area contributed by atoms with Gasteiger partial charge in [0.2, 0.25) is 0 Å². The number of carbonyl (C=O) groups is 1. The summed E-state index contributed by atoms with van der Waals surface area (Å²) in [5, 5.41) is 9.41. The molecule has 0 spiro atoms. The zero-order chi connectivity index (χ0) is 16.5. The largest absolute Gasteiger partial charge is 0.508 e. The van der Waals surface area contributed by atoms with E-state index < -0.39 is 28.8 Å². The highest BCUT2D eigenvalue weighted by Crippen LogP contribution is 2.29. The zero-order valence-corrected chi connectivity index (χ0v) is 12.5. The molecule has 0 saturated carbocycles. The fraction of sp³-hybridized carbons (Fsp3) is 0.235. The highest BCUT2D eigenvalue weighted by molar-refractivity contribution is 5.90. The van der Waals surface area contributed by atoms with E-state index in [0.717, 1.165) is 0 Å². The second-order valence-electron chi connectivity index (χ2n) is 5.84. The lowest BCUT2D eigenvalue weighted by molar-refractivity contribution is 0.00637. The lowest BCUT2D eigenvalue weighted by Gasteiger charge is -2.20. The number of ether oxygens (including phenoxy) is 1. The second kappa shape index (κ2) is 5.75. The van der Waals surface area contributed by atoms with Crippen molar-refractivity contribution in [2.45, 2.75) is 26.4 Å². The summed E-state index contributed by atoms with van der Waals surface area (Å²) in [5.41, 5.74) is -0.992. The zero-order valence-electron chi connectivity index (χ0n) is 12.5. The molecule has 0 amide bonds. The molecule has 0 aliphatic heterocycles. The van der Waals surface area contributed by atoms with Crippen LogP contribution in [0, 0.1) is 11.6 Å². The van der Waals surface area contributed by atoms with Crippen LogP contribution in [0.4, 0.5) is 8.78 Å². The van der Waals surface area contributed by atoms with E-state index in [2.05, 4.69) is 0 Å². The topological polar surface area (TPSA) is 46.5 Å². The van der Waals surface area contributed by atoms with Crippen LogP contribution in [0.15, 0.2) is 36.4 Å². The molecule has 2 aromatic rings. The van der Waals surface area contributed by atoms with Gasteiger partial charge in [0.25, 0.3) is 0 Å². The predicted molar refractivity (Wildman–Crippen MR) is 78.6 cm³/mol. The van der Waals surface area contributed by atoms with E-state index in [1.165, 1.54) is 36.4 Å². The Hall–Kier alpha value is -2.43. The van der Waals surface area contributed by atoms with Gasteiger partial charge in [0.05, 0.1) is 5.56 Å². The van der Waals surface area contributed by atoms with Crippen molar-refractivity contribution in [1.82, 2.24) is 0 Å². The van der Waals surface area contributed by atoms with Crippen LogP contribution < -0.4 is 0 Å². The molecule has 22 heavy (non-hydrogen) atoms. The third-order valence-corrected chi connectivity index (χ3v) is 2.86. The van der Waals surface area contributed by atoms with E-state index >= 15 is 0 Å². The monoisotopic (exact) mass is 306 g/mol. The maximum atomic E-state index is 14.2. The second-order valence-corrected chi connectivity index (χ2v) is 5.84. The highest BCUT2D eigenvalue weighted by atomic mass is 19.2. The van der Waals surface area contributed by atoms with Crippen LogP contribution in [0.25, 0.3) is 11.1 Å². The minimum absolute atomic E-state index is 0.0410. The average molecular weight is 306 g/mol. The number of phenolic OH excluding ortho intramolecular Hbond substituents is 1. The van der Waals surface area contributed by atoms with Crippen LogP contribution in [0.5, 0.6) is 5.75 Å². The van der Waals surface area contributed by atoms with Gasteiger partial charge in [0, 0.05) is 5.56 Å². The van der Waals surface area contributed by atoms with E-state index in [1.54, 1.807) is 20.8 Å². The summed E-state index contributed by atoms with van der Waals surface area (Å²) in [6, 6.07) is 8.24. The maximum absolute atomic E-state index is 14.2. The molecule has 2 aromatic carbocycles. The van der Waals surface area contributed by atoms with Gasteiger partial charge in [-0.25, -0.2) is 13.6 Å². The van der Waals surface area contributed by atoms with Crippen molar-refractivity contribution < 1.29 is 23.4 Å². The summed E-state index contributed by atoms with van der Waals surface area (Å²) >= 11 is 0. The van der Waals surface area contributed by atoms with Crippen LogP contribution in [0.3, 0.4) is 0 Å². The van der Waals surface area contributed by atoms with Crippen LogP contribution in [-0.2, 0) is 4.74 Å². The summed E-state index contributed by atoms with van der Waals surface area (Å²) in [4.78, 5) is 11.9. The Labute approximate surface area is 127 Å². The lowest BCUT2D eigenvalue weighted by Crippen LogP contribution is -2.24. The van der Waals surface area contributed by atoms with Crippen molar-refractivity contribution in [3.8, 4) is 16.9 Å². The molecule has 0 saturated heterocycles. The van der Waals surface area contributed by atoms with Crippen LogP contribution >= 0.6 is 0 Å². The molecule has 0 heterocycles. The van der Waals surface area contributed by atoms with Crippen molar-refractivity contribution in [3.05, 3.63) is 53.6 Å². The number of hydrogen-bond donors (Lipinski definition) is 1. The van der Waals surface area contributed by atoms with Gasteiger partial charge >= 0.3 is 5.97 Å². The van der Waals surface area contributed by atoms with Gasteiger partial charge in [-0.2, -0.15) is 0 Å². The Bertz CT molecular complexity index is 718. The molecule has 2 rings (SSSR count). The first-order valence-electron chi connectivity index (χ1n) is 6.70. The van der Waals surface area contributed by atoms with Crippen molar-refractivity contribution >= 4 is 5.97 Å². The summed E-state index contributed by atoms with van der Waals surface area (Å²) in [5.74, 6) is -3.41. The first-order valence-corrected chi connectivity index (χ1v) is 6.70. The third kappa shape index (κ3) is 3.42. The molecule has 0 aliphatic carbocycles. The van der Waals surface area contributed by atoms with Crippen molar-refractivity contribution in [3.63, 3.8) is 0 Å². The number of esters is 1. The normalized spacial score (nSPS) is 11.3. The van der Waals surface area contributed by atoms with Crippen molar-refractivity contribution in [1.29, 1.82) is 0 Å². The third-order valence-electron chi connectivity index (χ3n) is 2.86. The molecule has 0 fully saturated rings. The Kier molecular flexibility index (Phi) is 4.17. The lowest BCUT2D eigenvalue weighted by atomic mass is 10.0. The highest BCUT2D eigenvalue weighted by Gasteiger charge is 2.24. The molecule has 1 N–H and O–H groups in total. The van der Waals surface area contributed by atoms with Gasteiger partial charge in [-0.3, -0.25) is 0 Å². The molecule has 0 bridgehead atoms. The molecule has 0 radical (unpaired) electrons. The predicted octanol–water partition coefficient (Wildman–Crippen LogP) is 4.29. The molecular formula is C17H16F2O3.